The molecule has 1 N–H and O–H groups in total. The Balaban J connectivity index is 2.70. The van der Waals surface area contributed by atoms with Crippen molar-refractivity contribution in [1.82, 2.24) is 9.97 Å². The highest BCUT2D eigenvalue weighted by Gasteiger charge is 2.09. The molecular formula is C7H4N2O2S. The first-order valence-corrected chi connectivity index (χ1v) is 4.04. The zero-order valence-corrected chi connectivity index (χ0v) is 6.71. The Labute approximate surface area is 71.5 Å². The second-order valence-corrected chi connectivity index (χ2v) is 3.13. The molecule has 0 aliphatic carbocycles. The van der Waals surface area contributed by atoms with Gasteiger partial charge in [-0.1, -0.05) is 11.3 Å². The molecule has 2 aromatic rings. The highest BCUT2D eigenvalue weighted by Crippen LogP contribution is 2.18. The fraction of sp³-hybridized carbons (Fsp3) is 0. The summed E-state index contributed by atoms with van der Waals surface area (Å²) in [5.74, 6) is -1.00. The van der Waals surface area contributed by atoms with Gasteiger partial charge < -0.3 is 5.11 Å². The van der Waals surface area contributed by atoms with Crippen molar-refractivity contribution in [2.45, 2.75) is 0 Å². The molecule has 2 aromatic heterocycles. The minimum atomic E-state index is -1.00. The third kappa shape index (κ3) is 1.04. The van der Waals surface area contributed by atoms with Gasteiger partial charge in [0.05, 0.1) is 0 Å². The Hall–Kier alpha value is -1.49. The Morgan fingerprint density at radius 1 is 1.58 bits per heavy atom. The molecule has 0 unspecified atom stereocenters. The average molecular weight is 180 g/mol. The second kappa shape index (κ2) is 2.53. The van der Waals surface area contributed by atoms with Crippen molar-refractivity contribution in [1.29, 1.82) is 0 Å². The SMILES string of the molecule is O=C(O)c1nc2cccnc2s1. The summed E-state index contributed by atoms with van der Waals surface area (Å²) in [4.78, 5) is 19.0. The van der Waals surface area contributed by atoms with E-state index in [0.29, 0.717) is 10.3 Å². The lowest BCUT2D eigenvalue weighted by Gasteiger charge is -1.80. The molecule has 0 saturated heterocycles. The summed E-state index contributed by atoms with van der Waals surface area (Å²) >= 11 is 1.08. The van der Waals surface area contributed by atoms with E-state index in [4.69, 9.17) is 5.11 Å². The van der Waals surface area contributed by atoms with Crippen LogP contribution < -0.4 is 0 Å². The molecular weight excluding hydrogens is 176 g/mol. The Morgan fingerprint density at radius 2 is 2.42 bits per heavy atom. The summed E-state index contributed by atoms with van der Waals surface area (Å²) in [7, 11) is 0. The lowest BCUT2D eigenvalue weighted by atomic mass is 10.5. The first-order chi connectivity index (χ1) is 5.77. The van der Waals surface area contributed by atoms with Gasteiger partial charge in [-0.15, -0.1) is 0 Å². The van der Waals surface area contributed by atoms with Gasteiger partial charge in [-0.3, -0.25) is 0 Å². The number of fused-ring (bicyclic) bond motifs is 1. The number of hydrogen-bond donors (Lipinski definition) is 1. The van der Waals surface area contributed by atoms with Crippen LogP contribution >= 0.6 is 11.3 Å². The number of aromatic nitrogens is 2. The maximum Gasteiger partial charge on any atom is 0.365 e. The first kappa shape index (κ1) is 7.17. The van der Waals surface area contributed by atoms with Crippen LogP contribution in [0.2, 0.25) is 0 Å². The van der Waals surface area contributed by atoms with Gasteiger partial charge in [-0.25, -0.2) is 14.8 Å². The summed E-state index contributed by atoms with van der Waals surface area (Å²) in [5.41, 5.74) is 0.639. The van der Waals surface area contributed by atoms with Crippen molar-refractivity contribution >= 4 is 27.7 Å². The topological polar surface area (TPSA) is 63.1 Å². The van der Waals surface area contributed by atoms with Crippen LogP contribution in [0.3, 0.4) is 0 Å². The van der Waals surface area contributed by atoms with Crippen molar-refractivity contribution in [3.63, 3.8) is 0 Å². The Morgan fingerprint density at radius 3 is 3.08 bits per heavy atom. The number of carboxylic acid groups (broad SMARTS) is 1. The molecule has 0 amide bonds. The minimum absolute atomic E-state index is 0.0868. The zero-order valence-electron chi connectivity index (χ0n) is 5.89. The van der Waals surface area contributed by atoms with Crippen LogP contribution in [0.25, 0.3) is 10.3 Å². The molecule has 4 nitrogen and oxygen atoms in total. The predicted molar refractivity (Wildman–Crippen MR) is 44.4 cm³/mol. The predicted octanol–water partition coefficient (Wildman–Crippen LogP) is 1.39. The summed E-state index contributed by atoms with van der Waals surface area (Å²) in [6.45, 7) is 0. The summed E-state index contributed by atoms with van der Waals surface area (Å²) in [6, 6.07) is 3.47. The lowest BCUT2D eigenvalue weighted by molar-refractivity contribution is 0.0696. The summed E-state index contributed by atoms with van der Waals surface area (Å²) in [6.07, 6.45) is 1.62. The van der Waals surface area contributed by atoms with Gasteiger partial charge in [0.15, 0.2) is 0 Å². The second-order valence-electron chi connectivity index (χ2n) is 2.15. The van der Waals surface area contributed by atoms with Crippen LogP contribution in [-0.2, 0) is 0 Å². The van der Waals surface area contributed by atoms with E-state index in [0.717, 1.165) is 11.3 Å². The Bertz CT molecular complexity index is 405. The van der Waals surface area contributed by atoms with Gasteiger partial charge >= 0.3 is 5.97 Å². The number of pyridine rings is 1. The standard InChI is InChI=1S/C7H4N2O2S/c10-7(11)6-9-4-2-1-3-8-5(4)12-6/h1-3H,(H,10,11). The van der Waals surface area contributed by atoms with Gasteiger partial charge in [0.1, 0.15) is 10.3 Å². The quantitative estimate of drug-likeness (QED) is 0.720. The smallest absolute Gasteiger partial charge is 0.365 e. The van der Waals surface area contributed by atoms with Crippen molar-refractivity contribution in [2.75, 3.05) is 0 Å². The highest BCUT2D eigenvalue weighted by atomic mass is 32.1. The number of carbonyl (C=O) groups is 1. The van der Waals surface area contributed by atoms with Crippen LogP contribution in [0.5, 0.6) is 0 Å². The molecule has 0 spiro atoms. The average Bonchev–Trinajstić information content (AvgIpc) is 2.46. The third-order valence-corrected chi connectivity index (χ3v) is 2.32. The molecule has 0 saturated carbocycles. The van der Waals surface area contributed by atoms with E-state index in [1.54, 1.807) is 18.3 Å². The number of hydrogen-bond acceptors (Lipinski definition) is 4. The maximum atomic E-state index is 10.5. The summed E-state index contributed by atoms with van der Waals surface area (Å²) < 4.78 is 0. The van der Waals surface area contributed by atoms with Crippen molar-refractivity contribution < 1.29 is 9.90 Å². The van der Waals surface area contributed by atoms with Crippen LogP contribution in [-0.4, -0.2) is 21.0 Å². The van der Waals surface area contributed by atoms with E-state index in [1.807, 2.05) is 0 Å². The number of nitrogens with zero attached hydrogens (tertiary/aromatic N) is 2. The Kier molecular flexibility index (Phi) is 1.51. The molecule has 0 bridgehead atoms. The molecule has 0 aliphatic heterocycles. The molecule has 60 valence electrons. The van der Waals surface area contributed by atoms with Crippen LogP contribution in [0, 0.1) is 0 Å². The van der Waals surface area contributed by atoms with E-state index in [-0.39, 0.29) is 5.01 Å². The van der Waals surface area contributed by atoms with E-state index >= 15 is 0 Å². The van der Waals surface area contributed by atoms with Crippen molar-refractivity contribution in [3.8, 4) is 0 Å². The van der Waals surface area contributed by atoms with Gasteiger partial charge in [0.2, 0.25) is 5.01 Å². The highest BCUT2D eigenvalue weighted by molar-refractivity contribution is 7.19. The largest absolute Gasteiger partial charge is 0.476 e. The molecule has 0 fully saturated rings. The number of rotatable bonds is 1. The molecule has 0 radical (unpaired) electrons. The van der Waals surface area contributed by atoms with Crippen molar-refractivity contribution in [2.24, 2.45) is 0 Å². The fourth-order valence-electron chi connectivity index (χ4n) is 0.861. The molecule has 2 heterocycles. The van der Waals surface area contributed by atoms with Crippen LogP contribution in [0.1, 0.15) is 9.80 Å². The van der Waals surface area contributed by atoms with Crippen LogP contribution in [0.15, 0.2) is 18.3 Å². The third-order valence-electron chi connectivity index (χ3n) is 1.35. The van der Waals surface area contributed by atoms with Crippen LogP contribution in [0.4, 0.5) is 0 Å². The van der Waals surface area contributed by atoms with Crippen molar-refractivity contribution in [3.05, 3.63) is 23.3 Å². The summed E-state index contributed by atoms with van der Waals surface area (Å²) in [5, 5.41) is 8.69. The van der Waals surface area contributed by atoms with E-state index in [1.165, 1.54) is 0 Å². The van der Waals surface area contributed by atoms with Gasteiger partial charge in [0, 0.05) is 6.20 Å². The lowest BCUT2D eigenvalue weighted by Crippen LogP contribution is -1.93. The maximum absolute atomic E-state index is 10.5. The molecule has 0 aromatic carbocycles. The molecule has 2 rings (SSSR count). The van der Waals surface area contributed by atoms with E-state index < -0.39 is 5.97 Å². The minimum Gasteiger partial charge on any atom is -0.476 e. The monoisotopic (exact) mass is 180 g/mol. The van der Waals surface area contributed by atoms with Gasteiger partial charge in [-0.05, 0) is 12.1 Å². The van der Waals surface area contributed by atoms with E-state index in [9.17, 15) is 4.79 Å². The van der Waals surface area contributed by atoms with Gasteiger partial charge in [0.25, 0.3) is 0 Å². The first-order valence-electron chi connectivity index (χ1n) is 3.22. The van der Waals surface area contributed by atoms with Gasteiger partial charge in [-0.2, -0.15) is 0 Å². The number of carboxylic acids is 1. The molecule has 12 heavy (non-hydrogen) atoms. The number of aromatic carboxylic acids is 1. The zero-order chi connectivity index (χ0) is 8.55. The normalized spacial score (nSPS) is 10.3. The molecule has 0 atom stereocenters. The van der Waals surface area contributed by atoms with E-state index in [2.05, 4.69) is 9.97 Å². The molecule has 5 heteroatoms. The molecule has 0 aliphatic rings. The number of thiazole rings is 1. The fourth-order valence-corrected chi connectivity index (χ4v) is 1.61.